The van der Waals surface area contributed by atoms with Crippen LogP contribution in [0.2, 0.25) is 0 Å². The van der Waals surface area contributed by atoms with Gasteiger partial charge in [-0.15, -0.1) is 0 Å². The number of carboxylic acid groups (broad SMARTS) is 1. The summed E-state index contributed by atoms with van der Waals surface area (Å²) in [4.78, 5) is 10.7. The van der Waals surface area contributed by atoms with E-state index in [1.54, 1.807) is 37.3 Å². The molecule has 5 nitrogen and oxygen atoms in total. The van der Waals surface area contributed by atoms with Crippen molar-refractivity contribution in [2.24, 2.45) is 0 Å². The van der Waals surface area contributed by atoms with Crippen molar-refractivity contribution in [1.29, 1.82) is 0 Å². The molecule has 0 unspecified atom stereocenters. The summed E-state index contributed by atoms with van der Waals surface area (Å²) in [5.41, 5.74) is 0.688. The van der Waals surface area contributed by atoms with E-state index < -0.39 is 16.0 Å². The maximum absolute atomic E-state index is 12.3. The molecule has 2 aromatic rings. The average Bonchev–Trinajstić information content (AvgIpc) is 2.39. The third-order valence-corrected chi connectivity index (χ3v) is 4.26. The highest BCUT2D eigenvalue weighted by molar-refractivity contribution is 7.92. The summed E-state index contributed by atoms with van der Waals surface area (Å²) >= 11 is 0. The Labute approximate surface area is 116 Å². The minimum atomic E-state index is -3.84. The van der Waals surface area contributed by atoms with E-state index in [2.05, 4.69) is 4.72 Å². The summed E-state index contributed by atoms with van der Waals surface area (Å²) < 4.78 is 26.9. The monoisotopic (exact) mass is 290 g/mol. The zero-order valence-corrected chi connectivity index (χ0v) is 11.5. The van der Waals surface area contributed by atoms with E-state index >= 15 is 0 Å². The van der Waals surface area contributed by atoms with Crippen molar-refractivity contribution in [2.75, 3.05) is 4.72 Å². The lowest BCUT2D eigenvalue weighted by molar-refractivity contribution is -0.255. The highest BCUT2D eigenvalue weighted by Gasteiger charge is 2.17. The molecule has 0 aliphatic rings. The molecule has 0 amide bonds. The standard InChI is InChI=1S/C14H13NO4S/c1-10-7-8-11(14(16)17)9-13(10)20(18,19)15-12-5-3-2-4-6-12/h2-9,15H,1H3,(H,16,17)/p-1. The Balaban J connectivity index is 2.44. The highest BCUT2D eigenvalue weighted by atomic mass is 32.2. The molecule has 0 radical (unpaired) electrons. The maximum atomic E-state index is 12.3. The van der Waals surface area contributed by atoms with Crippen LogP contribution in [-0.2, 0) is 10.0 Å². The molecule has 0 aliphatic heterocycles. The molecule has 20 heavy (non-hydrogen) atoms. The Hall–Kier alpha value is -2.34. The fraction of sp³-hybridized carbons (Fsp3) is 0.0714. The fourth-order valence-electron chi connectivity index (χ4n) is 1.73. The van der Waals surface area contributed by atoms with Crippen LogP contribution in [0.5, 0.6) is 0 Å². The van der Waals surface area contributed by atoms with Crippen LogP contribution < -0.4 is 9.83 Å². The molecule has 2 rings (SSSR count). The second-order valence-electron chi connectivity index (χ2n) is 4.24. The first-order valence-corrected chi connectivity index (χ1v) is 7.28. The molecule has 6 heteroatoms. The Morgan fingerprint density at radius 3 is 2.35 bits per heavy atom. The van der Waals surface area contributed by atoms with Crippen molar-refractivity contribution in [3.05, 3.63) is 59.7 Å². The van der Waals surface area contributed by atoms with Crippen LogP contribution in [0.4, 0.5) is 5.69 Å². The molecule has 0 bridgehead atoms. The summed E-state index contributed by atoms with van der Waals surface area (Å²) in [5.74, 6) is -1.42. The number of rotatable bonds is 4. The van der Waals surface area contributed by atoms with Gasteiger partial charge in [-0.3, -0.25) is 4.72 Å². The van der Waals surface area contributed by atoms with Crippen molar-refractivity contribution in [3.63, 3.8) is 0 Å². The molecule has 0 aromatic heterocycles. The van der Waals surface area contributed by atoms with Crippen molar-refractivity contribution in [3.8, 4) is 0 Å². The van der Waals surface area contributed by atoms with E-state index in [0.717, 1.165) is 6.07 Å². The van der Waals surface area contributed by atoms with Crippen molar-refractivity contribution < 1.29 is 18.3 Å². The van der Waals surface area contributed by atoms with Crippen molar-refractivity contribution in [1.82, 2.24) is 0 Å². The number of carbonyl (C=O) groups is 1. The van der Waals surface area contributed by atoms with Crippen LogP contribution in [0.3, 0.4) is 0 Å². The summed E-state index contributed by atoms with van der Waals surface area (Å²) in [7, 11) is -3.84. The lowest BCUT2D eigenvalue weighted by atomic mass is 10.1. The molecule has 0 saturated carbocycles. The Kier molecular flexibility index (Phi) is 3.76. The van der Waals surface area contributed by atoms with Gasteiger partial charge in [0, 0.05) is 5.69 Å². The summed E-state index contributed by atoms with van der Waals surface area (Å²) in [6, 6.07) is 12.2. The number of sulfonamides is 1. The largest absolute Gasteiger partial charge is 0.545 e. The van der Waals surface area contributed by atoms with E-state index in [-0.39, 0.29) is 10.5 Å². The molecule has 0 heterocycles. The zero-order chi connectivity index (χ0) is 14.8. The highest BCUT2D eigenvalue weighted by Crippen LogP contribution is 2.20. The molecular weight excluding hydrogens is 278 g/mol. The second-order valence-corrected chi connectivity index (χ2v) is 5.89. The minimum absolute atomic E-state index is 0.0805. The minimum Gasteiger partial charge on any atom is -0.545 e. The average molecular weight is 290 g/mol. The number of benzene rings is 2. The van der Waals surface area contributed by atoms with Crippen LogP contribution in [-0.4, -0.2) is 14.4 Å². The predicted molar refractivity (Wildman–Crippen MR) is 72.8 cm³/mol. The Bertz CT molecular complexity index is 739. The van der Waals surface area contributed by atoms with Gasteiger partial charge < -0.3 is 9.90 Å². The smallest absolute Gasteiger partial charge is 0.262 e. The van der Waals surface area contributed by atoms with Gasteiger partial charge in [0.05, 0.1) is 10.9 Å². The van der Waals surface area contributed by atoms with Gasteiger partial charge >= 0.3 is 0 Å². The topological polar surface area (TPSA) is 86.3 Å². The van der Waals surface area contributed by atoms with Gasteiger partial charge in [-0.05, 0) is 36.2 Å². The number of hydrogen-bond donors (Lipinski definition) is 1. The third-order valence-electron chi connectivity index (χ3n) is 2.74. The number of aryl methyl sites for hydroxylation is 1. The molecule has 1 N–H and O–H groups in total. The van der Waals surface area contributed by atoms with Gasteiger partial charge in [-0.2, -0.15) is 0 Å². The molecule has 0 spiro atoms. The number of para-hydroxylation sites is 1. The van der Waals surface area contributed by atoms with E-state index in [1.165, 1.54) is 12.1 Å². The van der Waals surface area contributed by atoms with Gasteiger partial charge in [0.15, 0.2) is 0 Å². The van der Waals surface area contributed by atoms with Gasteiger partial charge in [-0.1, -0.05) is 30.3 Å². The first-order chi connectivity index (χ1) is 9.40. The summed E-state index contributed by atoms with van der Waals surface area (Å²) in [5, 5.41) is 10.8. The Morgan fingerprint density at radius 2 is 1.75 bits per heavy atom. The number of nitrogens with one attached hydrogen (secondary N) is 1. The third kappa shape index (κ3) is 2.97. The SMILES string of the molecule is Cc1ccc(C(=O)[O-])cc1S(=O)(=O)Nc1ccccc1. The van der Waals surface area contributed by atoms with Crippen LogP contribution in [0.15, 0.2) is 53.4 Å². The van der Waals surface area contributed by atoms with E-state index in [1.807, 2.05) is 0 Å². The molecule has 2 aromatic carbocycles. The lowest BCUT2D eigenvalue weighted by Crippen LogP contribution is -2.23. The van der Waals surface area contributed by atoms with Gasteiger partial charge in [0.2, 0.25) is 0 Å². The van der Waals surface area contributed by atoms with E-state index in [9.17, 15) is 18.3 Å². The van der Waals surface area contributed by atoms with Gasteiger partial charge in [0.25, 0.3) is 10.0 Å². The molecule has 0 atom stereocenters. The Morgan fingerprint density at radius 1 is 1.10 bits per heavy atom. The predicted octanol–water partition coefficient (Wildman–Crippen LogP) is 1.16. The normalized spacial score (nSPS) is 11.1. The summed E-state index contributed by atoms with van der Waals surface area (Å²) in [6.07, 6.45) is 0. The molecule has 0 fully saturated rings. The van der Waals surface area contributed by atoms with Gasteiger partial charge in [-0.25, -0.2) is 8.42 Å². The van der Waals surface area contributed by atoms with E-state index in [0.29, 0.717) is 11.3 Å². The quantitative estimate of drug-likeness (QED) is 0.915. The van der Waals surface area contributed by atoms with Crippen LogP contribution in [0.1, 0.15) is 15.9 Å². The zero-order valence-electron chi connectivity index (χ0n) is 10.7. The molecular formula is C14H12NO4S-. The van der Waals surface area contributed by atoms with Crippen LogP contribution in [0.25, 0.3) is 0 Å². The number of hydrogen-bond acceptors (Lipinski definition) is 4. The molecule has 104 valence electrons. The number of carbonyl (C=O) groups excluding carboxylic acids is 1. The number of aromatic carboxylic acids is 1. The number of carboxylic acids is 1. The van der Waals surface area contributed by atoms with E-state index in [4.69, 9.17) is 0 Å². The first-order valence-electron chi connectivity index (χ1n) is 5.80. The van der Waals surface area contributed by atoms with Crippen LogP contribution in [0, 0.1) is 6.92 Å². The van der Waals surface area contributed by atoms with Gasteiger partial charge in [0.1, 0.15) is 0 Å². The van der Waals surface area contributed by atoms with Crippen molar-refractivity contribution >= 4 is 21.7 Å². The molecule has 0 saturated heterocycles. The number of anilines is 1. The maximum Gasteiger partial charge on any atom is 0.262 e. The molecule has 0 aliphatic carbocycles. The summed E-state index contributed by atoms with van der Waals surface area (Å²) in [6.45, 7) is 1.60. The van der Waals surface area contributed by atoms with Crippen molar-refractivity contribution in [2.45, 2.75) is 11.8 Å². The first kappa shape index (κ1) is 14.1. The second kappa shape index (κ2) is 5.34. The fourth-order valence-corrected chi connectivity index (χ4v) is 3.06. The van der Waals surface area contributed by atoms with Crippen LogP contribution >= 0.6 is 0 Å². The lowest BCUT2D eigenvalue weighted by Gasteiger charge is -2.12.